The lowest BCUT2D eigenvalue weighted by molar-refractivity contribution is 0.529. The van der Waals surface area contributed by atoms with Crippen molar-refractivity contribution in [3.63, 3.8) is 0 Å². The van der Waals surface area contributed by atoms with E-state index in [1.165, 1.54) is 103 Å². The van der Waals surface area contributed by atoms with Gasteiger partial charge in [0.1, 0.15) is 0 Å². The highest BCUT2D eigenvalue weighted by Crippen LogP contribution is 2.14. The van der Waals surface area contributed by atoms with E-state index in [0.29, 0.717) is 0 Å². The van der Waals surface area contributed by atoms with Crippen LogP contribution in [0.2, 0.25) is 0 Å². The summed E-state index contributed by atoms with van der Waals surface area (Å²) in [5.41, 5.74) is 0. The Hall–Kier alpha value is -0.440. The molecule has 0 atom stereocenters. The normalized spacial score (nSPS) is 10.6. The minimum Gasteiger partial charge on any atom is -0.103 e. The van der Waals surface area contributed by atoms with Gasteiger partial charge in [-0.1, -0.05) is 117 Å². The van der Waals surface area contributed by atoms with Crippen molar-refractivity contribution in [2.24, 2.45) is 0 Å². The average Bonchev–Trinajstić information content (AvgIpc) is 2.60. The van der Waals surface area contributed by atoms with Crippen molar-refractivity contribution >= 4 is 0 Å². The first-order chi connectivity index (χ1) is 11.9. The summed E-state index contributed by atoms with van der Waals surface area (Å²) in [6.07, 6.45) is 26.9. The van der Waals surface area contributed by atoms with E-state index in [1.807, 2.05) is 0 Å². The van der Waals surface area contributed by atoms with Crippen molar-refractivity contribution in [2.75, 3.05) is 0 Å². The highest BCUT2D eigenvalue weighted by molar-refractivity contribution is 4.98. The molecule has 0 fully saturated rings. The van der Waals surface area contributed by atoms with E-state index in [9.17, 15) is 0 Å². The molecule has 0 aliphatic rings. The summed E-state index contributed by atoms with van der Waals surface area (Å²) >= 11 is 0. The quantitative estimate of drug-likeness (QED) is 0.174. The molecule has 0 aromatic heterocycles. The summed E-state index contributed by atoms with van der Waals surface area (Å²) in [5.74, 6) is 6.42. The maximum atomic E-state index is 3.90. The van der Waals surface area contributed by atoms with E-state index in [0.717, 1.165) is 25.7 Å². The summed E-state index contributed by atoms with van der Waals surface area (Å²) in [6.45, 7) is 7.70. The maximum absolute atomic E-state index is 3.90. The molecule has 0 N–H and O–H groups in total. The molecule has 0 aromatic rings. The van der Waals surface area contributed by atoms with Crippen molar-refractivity contribution in [3.05, 3.63) is 13.8 Å². The van der Waals surface area contributed by atoms with Crippen LogP contribution in [0.5, 0.6) is 0 Å². The van der Waals surface area contributed by atoms with Crippen molar-refractivity contribution in [3.8, 4) is 11.8 Å². The highest BCUT2D eigenvalue weighted by Gasteiger charge is 1.94. The number of rotatable bonds is 18. The van der Waals surface area contributed by atoms with Crippen LogP contribution in [-0.2, 0) is 0 Å². The molecule has 24 heavy (non-hydrogen) atoms. The summed E-state index contributed by atoms with van der Waals surface area (Å²) < 4.78 is 0. The van der Waals surface area contributed by atoms with Gasteiger partial charge >= 0.3 is 0 Å². The van der Waals surface area contributed by atoms with Crippen LogP contribution in [0.4, 0.5) is 0 Å². The Balaban J connectivity index is 2.99. The van der Waals surface area contributed by atoms with Crippen LogP contribution in [0.3, 0.4) is 0 Å². The van der Waals surface area contributed by atoms with Gasteiger partial charge in [0.25, 0.3) is 0 Å². The monoisotopic (exact) mass is 332 g/mol. The Morgan fingerprint density at radius 2 is 0.667 bits per heavy atom. The van der Waals surface area contributed by atoms with Gasteiger partial charge in [-0.3, -0.25) is 0 Å². The molecule has 2 radical (unpaired) electrons. The molecule has 0 bridgehead atoms. The second-order valence-electron chi connectivity index (χ2n) is 7.22. The second-order valence-corrected chi connectivity index (χ2v) is 7.22. The second kappa shape index (κ2) is 22.6. The fourth-order valence-electron chi connectivity index (χ4n) is 3.13. The number of hydrogen-bond acceptors (Lipinski definition) is 0. The van der Waals surface area contributed by atoms with Gasteiger partial charge < -0.3 is 0 Å². The van der Waals surface area contributed by atoms with Crippen LogP contribution in [0, 0.1) is 25.7 Å². The predicted molar refractivity (Wildman–Crippen MR) is 111 cm³/mol. The van der Waals surface area contributed by atoms with Crippen molar-refractivity contribution < 1.29 is 0 Å². The molecule has 0 aliphatic heterocycles. The Bertz CT molecular complexity index is 267. The van der Waals surface area contributed by atoms with Crippen molar-refractivity contribution in [2.45, 2.75) is 128 Å². The van der Waals surface area contributed by atoms with Crippen LogP contribution < -0.4 is 0 Å². The SMILES string of the molecule is [CH2]CCC#CCCCCCCCCCCCCCCCCCC[CH2]. The zero-order valence-electron chi connectivity index (χ0n) is 16.6. The third-order valence-electron chi connectivity index (χ3n) is 4.73. The van der Waals surface area contributed by atoms with Gasteiger partial charge in [-0.2, -0.15) is 0 Å². The zero-order chi connectivity index (χ0) is 17.6. The van der Waals surface area contributed by atoms with E-state index in [4.69, 9.17) is 0 Å². The van der Waals surface area contributed by atoms with E-state index in [-0.39, 0.29) is 0 Å². The largest absolute Gasteiger partial charge is 0.103 e. The molecule has 0 heteroatoms. The first kappa shape index (κ1) is 23.6. The molecule has 0 aromatic carbocycles. The standard InChI is InChI=1S/C24H44/c1-3-5-7-9-11-13-15-17-19-21-23-24-22-20-18-16-14-12-10-8-6-4-2/h1-7,9,11-24H2. The van der Waals surface area contributed by atoms with Crippen LogP contribution in [0.1, 0.15) is 128 Å². The minimum absolute atomic E-state index is 0.949. The van der Waals surface area contributed by atoms with Crippen molar-refractivity contribution in [1.29, 1.82) is 0 Å². The smallest absolute Gasteiger partial charge is 0.00886 e. The molecule has 0 saturated carbocycles. The Morgan fingerprint density at radius 1 is 0.333 bits per heavy atom. The van der Waals surface area contributed by atoms with Gasteiger partial charge in [-0.15, -0.1) is 11.8 Å². The van der Waals surface area contributed by atoms with Gasteiger partial charge in [0, 0.05) is 12.8 Å². The molecular formula is C24H44. The first-order valence-corrected chi connectivity index (χ1v) is 11.0. The molecular weight excluding hydrogens is 288 g/mol. The maximum Gasteiger partial charge on any atom is 0.00886 e. The molecule has 0 unspecified atom stereocenters. The first-order valence-electron chi connectivity index (χ1n) is 11.0. The minimum atomic E-state index is 0.949. The van der Waals surface area contributed by atoms with Gasteiger partial charge in [0.15, 0.2) is 0 Å². The summed E-state index contributed by atoms with van der Waals surface area (Å²) in [5, 5.41) is 0. The third kappa shape index (κ3) is 21.6. The Labute approximate surface area is 154 Å². The molecule has 140 valence electrons. The lowest BCUT2D eigenvalue weighted by Crippen LogP contribution is -1.83. The zero-order valence-corrected chi connectivity index (χ0v) is 16.6. The molecule has 0 amide bonds. The summed E-state index contributed by atoms with van der Waals surface area (Å²) in [4.78, 5) is 0. The van der Waals surface area contributed by atoms with Gasteiger partial charge in [-0.05, 0) is 12.8 Å². The number of hydrogen-bond donors (Lipinski definition) is 0. The topological polar surface area (TPSA) is 0 Å². The van der Waals surface area contributed by atoms with E-state index in [1.54, 1.807) is 0 Å². The fraction of sp³-hybridized carbons (Fsp3) is 0.833. The average molecular weight is 333 g/mol. The van der Waals surface area contributed by atoms with Crippen LogP contribution in [0.25, 0.3) is 0 Å². The molecule has 0 nitrogen and oxygen atoms in total. The van der Waals surface area contributed by atoms with Gasteiger partial charge in [-0.25, -0.2) is 0 Å². The molecule has 0 aliphatic carbocycles. The molecule has 0 saturated heterocycles. The Kier molecular flexibility index (Phi) is 22.1. The summed E-state index contributed by atoms with van der Waals surface area (Å²) in [7, 11) is 0. The highest BCUT2D eigenvalue weighted by atomic mass is 14.0. The van der Waals surface area contributed by atoms with Crippen molar-refractivity contribution in [1.82, 2.24) is 0 Å². The lowest BCUT2D eigenvalue weighted by atomic mass is 10.0. The van der Waals surface area contributed by atoms with Crippen LogP contribution >= 0.6 is 0 Å². The third-order valence-corrected chi connectivity index (χ3v) is 4.73. The van der Waals surface area contributed by atoms with E-state index < -0.39 is 0 Å². The molecule has 0 heterocycles. The van der Waals surface area contributed by atoms with Gasteiger partial charge in [0.05, 0.1) is 0 Å². The van der Waals surface area contributed by atoms with E-state index >= 15 is 0 Å². The molecule has 0 rings (SSSR count). The van der Waals surface area contributed by atoms with Gasteiger partial charge in [0.2, 0.25) is 0 Å². The Morgan fingerprint density at radius 3 is 1.04 bits per heavy atom. The predicted octanol–water partition coefficient (Wildman–Crippen LogP) is 8.46. The van der Waals surface area contributed by atoms with E-state index in [2.05, 4.69) is 25.7 Å². The summed E-state index contributed by atoms with van der Waals surface area (Å²) in [6, 6.07) is 0. The van der Waals surface area contributed by atoms with Crippen LogP contribution in [0.15, 0.2) is 0 Å². The molecule has 0 spiro atoms. The lowest BCUT2D eigenvalue weighted by Gasteiger charge is -2.03. The van der Waals surface area contributed by atoms with Crippen LogP contribution in [-0.4, -0.2) is 0 Å². The fourth-order valence-corrected chi connectivity index (χ4v) is 3.13. The number of unbranched alkanes of at least 4 members (excludes halogenated alkanes) is 18.